The van der Waals surface area contributed by atoms with Gasteiger partial charge in [0, 0.05) is 42.0 Å². The van der Waals surface area contributed by atoms with Crippen LogP contribution < -0.4 is 10.5 Å². The van der Waals surface area contributed by atoms with Gasteiger partial charge in [-0.15, -0.1) is 0 Å². The fraction of sp³-hybridized carbons (Fsp3) is 0.214. The topological polar surface area (TPSA) is 48.1 Å². The first-order valence-electron chi connectivity index (χ1n) is 5.85. The van der Waals surface area contributed by atoms with Crippen LogP contribution in [0.1, 0.15) is 29.7 Å². The third kappa shape index (κ3) is 1.95. The Kier molecular flexibility index (Phi) is 2.72. The van der Waals surface area contributed by atoms with Crippen LogP contribution in [0.5, 0.6) is 5.75 Å². The number of aromatic nitrogens is 1. The molecule has 1 aliphatic heterocycles. The third-order valence-corrected chi connectivity index (χ3v) is 3.17. The molecule has 1 aliphatic rings. The zero-order valence-corrected chi connectivity index (χ0v) is 9.71. The number of pyridine rings is 1. The Morgan fingerprint density at radius 3 is 3.00 bits per heavy atom. The quantitative estimate of drug-likeness (QED) is 0.839. The number of hydrogen-bond donors (Lipinski definition) is 1. The average Bonchev–Trinajstić information content (AvgIpc) is 2.39. The van der Waals surface area contributed by atoms with Crippen LogP contribution in [-0.2, 0) is 0 Å². The average molecular weight is 244 g/mol. The Morgan fingerprint density at radius 2 is 2.22 bits per heavy atom. The van der Waals surface area contributed by atoms with Crippen molar-refractivity contribution in [2.24, 2.45) is 5.73 Å². The lowest BCUT2D eigenvalue weighted by Crippen LogP contribution is -2.24. The van der Waals surface area contributed by atoms with Crippen LogP contribution in [0.4, 0.5) is 4.39 Å². The maximum atomic E-state index is 13.2. The van der Waals surface area contributed by atoms with Crippen molar-refractivity contribution >= 4 is 0 Å². The molecule has 0 spiro atoms. The van der Waals surface area contributed by atoms with E-state index < -0.39 is 0 Å². The van der Waals surface area contributed by atoms with Gasteiger partial charge < -0.3 is 10.5 Å². The standard InChI is InChI=1S/C14H13FN2O/c15-10-3-4-11-12(16)7-13(18-14(11)6-10)9-2-1-5-17-8-9/h1-6,8,12-13H,7,16H2. The van der Waals surface area contributed by atoms with Crippen molar-refractivity contribution in [2.75, 3.05) is 0 Å². The molecular weight excluding hydrogens is 231 g/mol. The lowest BCUT2D eigenvalue weighted by Gasteiger charge is -2.30. The second-order valence-corrected chi connectivity index (χ2v) is 4.42. The minimum absolute atomic E-state index is 0.139. The van der Waals surface area contributed by atoms with E-state index in [2.05, 4.69) is 4.98 Å². The molecule has 2 N–H and O–H groups in total. The summed E-state index contributed by atoms with van der Waals surface area (Å²) in [5, 5.41) is 0. The third-order valence-electron chi connectivity index (χ3n) is 3.17. The molecule has 0 fully saturated rings. The number of nitrogens with two attached hydrogens (primary N) is 1. The zero-order valence-electron chi connectivity index (χ0n) is 9.71. The maximum absolute atomic E-state index is 13.2. The predicted octanol–water partition coefficient (Wildman–Crippen LogP) is 2.74. The lowest BCUT2D eigenvalue weighted by atomic mass is 9.94. The van der Waals surface area contributed by atoms with E-state index in [1.165, 1.54) is 12.1 Å². The van der Waals surface area contributed by atoms with Crippen molar-refractivity contribution in [3.63, 3.8) is 0 Å². The molecular formula is C14H13FN2O. The molecule has 3 rings (SSSR count). The van der Waals surface area contributed by atoms with Gasteiger partial charge in [-0.2, -0.15) is 0 Å². The van der Waals surface area contributed by atoms with Crippen LogP contribution >= 0.6 is 0 Å². The highest BCUT2D eigenvalue weighted by molar-refractivity contribution is 5.39. The minimum Gasteiger partial charge on any atom is -0.485 e. The fourth-order valence-electron chi connectivity index (χ4n) is 2.25. The molecule has 0 radical (unpaired) electrons. The van der Waals surface area contributed by atoms with Crippen LogP contribution in [0.2, 0.25) is 0 Å². The maximum Gasteiger partial charge on any atom is 0.127 e. The van der Waals surface area contributed by atoms with Gasteiger partial charge in [0.25, 0.3) is 0 Å². The predicted molar refractivity (Wildman–Crippen MR) is 65.6 cm³/mol. The first kappa shape index (κ1) is 11.2. The highest BCUT2D eigenvalue weighted by Gasteiger charge is 2.27. The zero-order chi connectivity index (χ0) is 12.5. The Morgan fingerprint density at radius 1 is 1.33 bits per heavy atom. The van der Waals surface area contributed by atoms with E-state index in [1.807, 2.05) is 12.1 Å². The first-order chi connectivity index (χ1) is 8.74. The van der Waals surface area contributed by atoms with Gasteiger partial charge in [-0.1, -0.05) is 12.1 Å². The largest absolute Gasteiger partial charge is 0.485 e. The van der Waals surface area contributed by atoms with Crippen molar-refractivity contribution in [3.05, 3.63) is 59.7 Å². The molecule has 1 aromatic carbocycles. The number of hydrogen-bond acceptors (Lipinski definition) is 3. The molecule has 4 heteroatoms. The Hall–Kier alpha value is -1.94. The van der Waals surface area contributed by atoms with Crippen molar-refractivity contribution in [1.82, 2.24) is 4.98 Å². The summed E-state index contributed by atoms with van der Waals surface area (Å²) < 4.78 is 19.0. The lowest BCUT2D eigenvalue weighted by molar-refractivity contribution is 0.160. The van der Waals surface area contributed by atoms with Gasteiger partial charge >= 0.3 is 0 Å². The molecule has 2 heterocycles. The second kappa shape index (κ2) is 4.38. The molecule has 0 saturated heterocycles. The summed E-state index contributed by atoms with van der Waals surface area (Å²) in [6, 6.07) is 8.14. The van der Waals surface area contributed by atoms with Crippen molar-refractivity contribution in [2.45, 2.75) is 18.6 Å². The van der Waals surface area contributed by atoms with Gasteiger partial charge in [-0.05, 0) is 12.1 Å². The molecule has 0 saturated carbocycles. The summed E-state index contributed by atoms with van der Waals surface area (Å²) in [5.41, 5.74) is 7.92. The van der Waals surface area contributed by atoms with Crippen LogP contribution in [0, 0.1) is 5.82 Å². The molecule has 0 bridgehead atoms. The highest BCUT2D eigenvalue weighted by Crippen LogP contribution is 2.39. The minimum atomic E-state index is -0.312. The molecule has 2 atom stereocenters. The molecule has 2 unspecified atom stereocenters. The van der Waals surface area contributed by atoms with E-state index in [9.17, 15) is 4.39 Å². The molecule has 2 aromatic rings. The van der Waals surface area contributed by atoms with E-state index in [4.69, 9.17) is 10.5 Å². The van der Waals surface area contributed by atoms with E-state index in [-0.39, 0.29) is 18.0 Å². The van der Waals surface area contributed by atoms with E-state index in [0.29, 0.717) is 12.2 Å². The first-order valence-corrected chi connectivity index (χ1v) is 5.85. The summed E-state index contributed by atoms with van der Waals surface area (Å²) in [4.78, 5) is 4.06. The van der Waals surface area contributed by atoms with Crippen molar-refractivity contribution < 1.29 is 9.13 Å². The van der Waals surface area contributed by atoms with Gasteiger partial charge in [0.15, 0.2) is 0 Å². The summed E-state index contributed by atoms with van der Waals surface area (Å²) in [7, 11) is 0. The molecule has 1 aromatic heterocycles. The van der Waals surface area contributed by atoms with Crippen LogP contribution in [0.15, 0.2) is 42.7 Å². The summed E-state index contributed by atoms with van der Waals surface area (Å²) in [5.74, 6) is 0.218. The summed E-state index contributed by atoms with van der Waals surface area (Å²) >= 11 is 0. The highest BCUT2D eigenvalue weighted by atomic mass is 19.1. The van der Waals surface area contributed by atoms with E-state index >= 15 is 0 Å². The van der Waals surface area contributed by atoms with Gasteiger partial charge in [-0.3, -0.25) is 4.98 Å². The summed E-state index contributed by atoms with van der Waals surface area (Å²) in [6.45, 7) is 0. The Bertz CT molecular complexity index is 559. The number of benzene rings is 1. The number of nitrogens with zero attached hydrogens (tertiary/aromatic N) is 1. The van der Waals surface area contributed by atoms with Gasteiger partial charge in [-0.25, -0.2) is 4.39 Å². The SMILES string of the molecule is NC1CC(c2cccnc2)Oc2cc(F)ccc21. The van der Waals surface area contributed by atoms with Crippen LogP contribution in [0.3, 0.4) is 0 Å². The van der Waals surface area contributed by atoms with Crippen LogP contribution in [-0.4, -0.2) is 4.98 Å². The van der Waals surface area contributed by atoms with Gasteiger partial charge in [0.1, 0.15) is 17.7 Å². The van der Waals surface area contributed by atoms with E-state index in [1.54, 1.807) is 18.5 Å². The Labute approximate surface area is 104 Å². The number of ether oxygens (including phenoxy) is 1. The smallest absolute Gasteiger partial charge is 0.127 e. The van der Waals surface area contributed by atoms with Gasteiger partial charge in [0.2, 0.25) is 0 Å². The van der Waals surface area contributed by atoms with Crippen LogP contribution in [0.25, 0.3) is 0 Å². The second-order valence-electron chi connectivity index (χ2n) is 4.42. The molecule has 92 valence electrons. The van der Waals surface area contributed by atoms with Crippen molar-refractivity contribution in [1.29, 1.82) is 0 Å². The molecule has 3 nitrogen and oxygen atoms in total. The number of fused-ring (bicyclic) bond motifs is 1. The fourth-order valence-corrected chi connectivity index (χ4v) is 2.25. The molecule has 0 aliphatic carbocycles. The summed E-state index contributed by atoms with van der Waals surface area (Å²) in [6.07, 6.45) is 3.97. The molecule has 18 heavy (non-hydrogen) atoms. The Balaban J connectivity index is 1.96. The number of halogens is 1. The van der Waals surface area contributed by atoms with Gasteiger partial charge in [0.05, 0.1) is 0 Å². The normalized spacial score (nSPS) is 22.1. The van der Waals surface area contributed by atoms with E-state index in [0.717, 1.165) is 11.1 Å². The molecule has 0 amide bonds. The van der Waals surface area contributed by atoms with Crippen molar-refractivity contribution in [3.8, 4) is 5.75 Å². The monoisotopic (exact) mass is 244 g/mol. The number of rotatable bonds is 1.